The van der Waals surface area contributed by atoms with Crippen LogP contribution in [0.2, 0.25) is 0 Å². The molecule has 0 bridgehead atoms. The van der Waals surface area contributed by atoms with Crippen molar-refractivity contribution in [2.24, 2.45) is 5.41 Å². The number of hydrogen-bond acceptors (Lipinski definition) is 3. The Morgan fingerprint density at radius 3 is 2.79 bits per heavy atom. The van der Waals surface area contributed by atoms with Crippen LogP contribution in [-0.4, -0.2) is 18.1 Å². The second kappa shape index (κ2) is 4.24. The SMILES string of the molecule is CC1(C)CCN(c2nc3ccccc3cc2C#N)C1. The highest BCUT2D eigenvalue weighted by Crippen LogP contribution is 2.33. The number of nitrogens with zero attached hydrogens (tertiary/aromatic N) is 3. The van der Waals surface area contributed by atoms with Crippen molar-refractivity contribution in [2.45, 2.75) is 20.3 Å². The minimum atomic E-state index is 0.306. The molecular formula is C16H17N3. The number of nitriles is 1. The third kappa shape index (κ3) is 2.15. The lowest BCUT2D eigenvalue weighted by atomic mass is 9.93. The van der Waals surface area contributed by atoms with Gasteiger partial charge in [0.1, 0.15) is 11.9 Å². The van der Waals surface area contributed by atoms with Gasteiger partial charge in [0, 0.05) is 18.5 Å². The van der Waals surface area contributed by atoms with Crippen molar-refractivity contribution < 1.29 is 0 Å². The average molecular weight is 251 g/mol. The second-order valence-corrected chi connectivity index (χ2v) is 6.00. The average Bonchev–Trinajstić information content (AvgIpc) is 2.77. The van der Waals surface area contributed by atoms with Gasteiger partial charge in [0.2, 0.25) is 0 Å². The van der Waals surface area contributed by atoms with Crippen molar-refractivity contribution in [1.82, 2.24) is 4.98 Å². The molecule has 19 heavy (non-hydrogen) atoms. The van der Waals surface area contributed by atoms with Crippen molar-refractivity contribution in [3.8, 4) is 6.07 Å². The Morgan fingerprint density at radius 2 is 2.11 bits per heavy atom. The molecule has 0 aliphatic carbocycles. The van der Waals surface area contributed by atoms with Crippen LogP contribution < -0.4 is 4.90 Å². The molecule has 0 atom stereocenters. The summed E-state index contributed by atoms with van der Waals surface area (Å²) in [5, 5.41) is 10.4. The first-order valence-corrected chi connectivity index (χ1v) is 6.64. The fraction of sp³-hybridized carbons (Fsp3) is 0.375. The van der Waals surface area contributed by atoms with E-state index in [-0.39, 0.29) is 0 Å². The normalized spacial score (nSPS) is 17.6. The van der Waals surface area contributed by atoms with E-state index in [2.05, 4.69) is 24.8 Å². The molecule has 0 amide bonds. The van der Waals surface area contributed by atoms with Gasteiger partial charge in [-0.05, 0) is 24.0 Å². The van der Waals surface area contributed by atoms with E-state index in [4.69, 9.17) is 4.98 Å². The molecule has 96 valence electrons. The number of pyridine rings is 1. The van der Waals surface area contributed by atoms with Crippen LogP contribution in [0.5, 0.6) is 0 Å². The zero-order chi connectivity index (χ0) is 13.5. The molecule has 2 aromatic rings. The van der Waals surface area contributed by atoms with Crippen molar-refractivity contribution in [1.29, 1.82) is 5.26 Å². The molecule has 0 unspecified atom stereocenters. The molecule has 1 fully saturated rings. The molecule has 1 aliphatic heterocycles. The zero-order valence-electron chi connectivity index (χ0n) is 11.3. The monoisotopic (exact) mass is 251 g/mol. The first-order chi connectivity index (χ1) is 9.09. The molecule has 3 heteroatoms. The molecular weight excluding hydrogens is 234 g/mol. The molecule has 0 N–H and O–H groups in total. The summed E-state index contributed by atoms with van der Waals surface area (Å²) >= 11 is 0. The molecule has 2 heterocycles. The molecule has 0 spiro atoms. The number of aromatic nitrogens is 1. The topological polar surface area (TPSA) is 39.9 Å². The first-order valence-electron chi connectivity index (χ1n) is 6.64. The molecule has 1 aromatic heterocycles. The van der Waals surface area contributed by atoms with Crippen LogP contribution >= 0.6 is 0 Å². The van der Waals surface area contributed by atoms with Gasteiger partial charge in [0.05, 0.1) is 11.1 Å². The van der Waals surface area contributed by atoms with Crippen molar-refractivity contribution in [3.05, 3.63) is 35.9 Å². The van der Waals surface area contributed by atoms with Crippen LogP contribution in [-0.2, 0) is 0 Å². The summed E-state index contributed by atoms with van der Waals surface area (Å²) in [4.78, 5) is 6.94. The van der Waals surface area contributed by atoms with Crippen LogP contribution in [0.1, 0.15) is 25.8 Å². The highest BCUT2D eigenvalue weighted by molar-refractivity contribution is 5.83. The standard InChI is InChI=1S/C16H17N3/c1-16(2)7-8-19(11-16)15-13(10-17)9-12-5-3-4-6-14(12)18-15/h3-6,9H,7-8,11H2,1-2H3. The number of benzene rings is 1. The van der Waals surface area contributed by atoms with Gasteiger partial charge in [0.15, 0.2) is 0 Å². The van der Waals surface area contributed by atoms with Gasteiger partial charge in [-0.3, -0.25) is 0 Å². The fourth-order valence-electron chi connectivity index (χ4n) is 2.72. The molecule has 1 aromatic carbocycles. The Balaban J connectivity index is 2.10. The summed E-state index contributed by atoms with van der Waals surface area (Å²) in [6.07, 6.45) is 1.15. The molecule has 0 saturated carbocycles. The van der Waals surface area contributed by atoms with E-state index in [9.17, 15) is 5.26 Å². The van der Waals surface area contributed by atoms with Gasteiger partial charge in [-0.25, -0.2) is 4.98 Å². The van der Waals surface area contributed by atoms with Crippen LogP contribution in [0.4, 0.5) is 5.82 Å². The lowest BCUT2D eigenvalue weighted by Crippen LogP contribution is -2.24. The first kappa shape index (κ1) is 12.0. The Bertz CT molecular complexity index is 667. The minimum Gasteiger partial charge on any atom is -0.355 e. The van der Waals surface area contributed by atoms with Gasteiger partial charge >= 0.3 is 0 Å². The summed E-state index contributed by atoms with van der Waals surface area (Å²) in [6, 6.07) is 12.2. The Labute approximate surface area is 113 Å². The lowest BCUT2D eigenvalue weighted by molar-refractivity contribution is 0.418. The van der Waals surface area contributed by atoms with Crippen LogP contribution in [0, 0.1) is 16.7 Å². The highest BCUT2D eigenvalue weighted by atomic mass is 15.2. The highest BCUT2D eigenvalue weighted by Gasteiger charge is 2.31. The molecule has 1 saturated heterocycles. The van der Waals surface area contributed by atoms with Gasteiger partial charge in [-0.15, -0.1) is 0 Å². The summed E-state index contributed by atoms with van der Waals surface area (Å²) in [6.45, 7) is 6.47. The fourth-order valence-corrected chi connectivity index (χ4v) is 2.72. The van der Waals surface area contributed by atoms with Crippen LogP contribution in [0.25, 0.3) is 10.9 Å². The van der Waals surface area contributed by atoms with E-state index in [1.54, 1.807) is 0 Å². The quantitative estimate of drug-likeness (QED) is 0.780. The Kier molecular flexibility index (Phi) is 2.67. The smallest absolute Gasteiger partial charge is 0.147 e. The zero-order valence-corrected chi connectivity index (χ0v) is 11.3. The van der Waals surface area contributed by atoms with Crippen LogP contribution in [0.3, 0.4) is 0 Å². The van der Waals surface area contributed by atoms with E-state index in [0.717, 1.165) is 36.2 Å². The van der Waals surface area contributed by atoms with E-state index in [1.165, 1.54) is 0 Å². The van der Waals surface area contributed by atoms with Crippen molar-refractivity contribution in [2.75, 3.05) is 18.0 Å². The van der Waals surface area contributed by atoms with E-state index >= 15 is 0 Å². The maximum absolute atomic E-state index is 9.35. The summed E-state index contributed by atoms with van der Waals surface area (Å²) < 4.78 is 0. The van der Waals surface area contributed by atoms with Gasteiger partial charge in [-0.2, -0.15) is 5.26 Å². The van der Waals surface area contributed by atoms with Gasteiger partial charge in [-0.1, -0.05) is 32.0 Å². The lowest BCUT2D eigenvalue weighted by Gasteiger charge is -2.21. The third-order valence-corrected chi connectivity index (χ3v) is 3.80. The third-order valence-electron chi connectivity index (χ3n) is 3.80. The summed E-state index contributed by atoms with van der Waals surface area (Å²) in [7, 11) is 0. The van der Waals surface area contributed by atoms with Gasteiger partial charge in [0.25, 0.3) is 0 Å². The maximum atomic E-state index is 9.35. The van der Waals surface area contributed by atoms with E-state index in [0.29, 0.717) is 11.0 Å². The predicted octanol–water partition coefficient (Wildman–Crippen LogP) is 3.34. The van der Waals surface area contributed by atoms with Gasteiger partial charge < -0.3 is 4.90 Å². The number of anilines is 1. The summed E-state index contributed by atoms with van der Waals surface area (Å²) in [5.74, 6) is 0.840. The maximum Gasteiger partial charge on any atom is 0.147 e. The van der Waals surface area contributed by atoms with E-state index in [1.807, 2.05) is 30.3 Å². The second-order valence-electron chi connectivity index (χ2n) is 6.00. The largest absolute Gasteiger partial charge is 0.355 e. The number of fused-ring (bicyclic) bond motifs is 1. The minimum absolute atomic E-state index is 0.306. The van der Waals surface area contributed by atoms with Crippen molar-refractivity contribution in [3.63, 3.8) is 0 Å². The van der Waals surface area contributed by atoms with Crippen LogP contribution in [0.15, 0.2) is 30.3 Å². The molecule has 1 aliphatic rings. The Hall–Kier alpha value is -2.08. The molecule has 3 rings (SSSR count). The predicted molar refractivity (Wildman–Crippen MR) is 77.1 cm³/mol. The Morgan fingerprint density at radius 1 is 1.32 bits per heavy atom. The summed E-state index contributed by atoms with van der Waals surface area (Å²) in [5.41, 5.74) is 1.94. The molecule has 3 nitrogen and oxygen atoms in total. The molecule has 0 radical (unpaired) electrons. The van der Waals surface area contributed by atoms with Crippen molar-refractivity contribution >= 4 is 16.7 Å². The van der Waals surface area contributed by atoms with E-state index < -0.39 is 0 Å². The number of rotatable bonds is 1. The number of para-hydroxylation sites is 1. The number of hydrogen-bond donors (Lipinski definition) is 0.